The van der Waals surface area contributed by atoms with Gasteiger partial charge in [-0.2, -0.15) is 0 Å². The van der Waals surface area contributed by atoms with Crippen LogP contribution in [-0.4, -0.2) is 44.0 Å². The Hall–Kier alpha value is -0.410. The first kappa shape index (κ1) is 12.1. The zero-order valence-electron chi connectivity index (χ0n) is 9.99. The minimum absolute atomic E-state index is 0.208. The van der Waals surface area contributed by atoms with E-state index in [0.29, 0.717) is 0 Å². The summed E-state index contributed by atoms with van der Waals surface area (Å²) in [6, 6.07) is 0. The molecule has 2 fully saturated rings. The lowest BCUT2D eigenvalue weighted by atomic mass is 9.97. The Morgan fingerprint density at radius 3 is 2.69 bits per heavy atom. The van der Waals surface area contributed by atoms with Crippen molar-refractivity contribution in [2.24, 2.45) is 11.8 Å². The molecule has 3 nitrogen and oxygen atoms in total. The molecule has 0 aromatic rings. The molecule has 1 radical (unpaired) electrons. The normalized spacial score (nSPS) is 28.4. The Kier molecular flexibility index (Phi) is 4.79. The van der Waals surface area contributed by atoms with Crippen molar-refractivity contribution >= 4 is 6.29 Å². The quantitative estimate of drug-likeness (QED) is 0.711. The molecule has 2 saturated heterocycles. The van der Waals surface area contributed by atoms with Crippen LogP contribution >= 0.6 is 0 Å². The second-order valence-electron chi connectivity index (χ2n) is 5.11. The SMILES string of the molecule is O=[C]C1CCN(CCCC2CCOC2)CC1. The maximum Gasteiger partial charge on any atom is 0.201 e. The van der Waals surface area contributed by atoms with Gasteiger partial charge in [0.1, 0.15) is 0 Å². The van der Waals surface area contributed by atoms with Gasteiger partial charge in [0.05, 0.1) is 0 Å². The summed E-state index contributed by atoms with van der Waals surface area (Å²) in [7, 11) is 0. The number of ether oxygens (including phenoxy) is 1. The van der Waals surface area contributed by atoms with Gasteiger partial charge in [-0.15, -0.1) is 0 Å². The molecule has 0 amide bonds. The lowest BCUT2D eigenvalue weighted by molar-refractivity contribution is 0.177. The molecular weight excluding hydrogens is 202 g/mol. The van der Waals surface area contributed by atoms with Gasteiger partial charge in [-0.25, -0.2) is 0 Å². The summed E-state index contributed by atoms with van der Waals surface area (Å²) in [5, 5.41) is 0. The molecular formula is C13H22NO2. The highest BCUT2D eigenvalue weighted by molar-refractivity contribution is 5.54. The third-order valence-electron chi connectivity index (χ3n) is 3.86. The summed E-state index contributed by atoms with van der Waals surface area (Å²) in [6.45, 7) is 5.30. The van der Waals surface area contributed by atoms with E-state index in [4.69, 9.17) is 4.74 Å². The second kappa shape index (κ2) is 6.36. The minimum atomic E-state index is 0.208. The van der Waals surface area contributed by atoms with Gasteiger partial charge in [0.25, 0.3) is 0 Å². The predicted octanol–water partition coefficient (Wildman–Crippen LogP) is 1.62. The fourth-order valence-electron chi connectivity index (χ4n) is 2.69. The van der Waals surface area contributed by atoms with E-state index in [1.807, 2.05) is 0 Å². The van der Waals surface area contributed by atoms with Crippen molar-refractivity contribution in [3.8, 4) is 0 Å². The molecule has 2 aliphatic rings. The first-order valence-electron chi connectivity index (χ1n) is 6.56. The van der Waals surface area contributed by atoms with Gasteiger partial charge in [0.2, 0.25) is 6.29 Å². The molecule has 0 N–H and O–H groups in total. The first-order chi connectivity index (χ1) is 7.88. The molecule has 2 rings (SSSR count). The monoisotopic (exact) mass is 224 g/mol. The Morgan fingerprint density at radius 1 is 1.25 bits per heavy atom. The van der Waals surface area contributed by atoms with E-state index >= 15 is 0 Å². The van der Waals surface area contributed by atoms with E-state index in [-0.39, 0.29) is 5.92 Å². The molecule has 3 heteroatoms. The van der Waals surface area contributed by atoms with Crippen molar-refractivity contribution < 1.29 is 9.53 Å². The standard InChI is InChI=1S/C13H22NO2/c15-10-12-3-7-14(8-4-12)6-1-2-13-5-9-16-11-13/h12-13H,1-9,11H2. The summed E-state index contributed by atoms with van der Waals surface area (Å²) >= 11 is 0. The van der Waals surface area contributed by atoms with Crippen molar-refractivity contribution in [3.63, 3.8) is 0 Å². The molecule has 0 aromatic carbocycles. The highest BCUT2D eigenvalue weighted by Crippen LogP contribution is 2.19. The number of hydrogen-bond donors (Lipinski definition) is 0. The number of nitrogens with zero attached hydrogens (tertiary/aromatic N) is 1. The van der Waals surface area contributed by atoms with Gasteiger partial charge in [-0.05, 0) is 57.7 Å². The van der Waals surface area contributed by atoms with Crippen LogP contribution < -0.4 is 0 Å². The van der Waals surface area contributed by atoms with Gasteiger partial charge < -0.3 is 9.64 Å². The van der Waals surface area contributed by atoms with Crippen LogP contribution in [0.4, 0.5) is 0 Å². The van der Waals surface area contributed by atoms with Crippen LogP contribution in [0, 0.1) is 11.8 Å². The van der Waals surface area contributed by atoms with E-state index in [1.165, 1.54) is 25.8 Å². The molecule has 0 aromatic heterocycles. The van der Waals surface area contributed by atoms with Gasteiger partial charge in [-0.3, -0.25) is 4.79 Å². The van der Waals surface area contributed by atoms with Crippen LogP contribution in [0.1, 0.15) is 32.1 Å². The van der Waals surface area contributed by atoms with Gasteiger partial charge in [0, 0.05) is 19.1 Å². The maximum absolute atomic E-state index is 10.5. The van der Waals surface area contributed by atoms with Gasteiger partial charge in [-0.1, -0.05) is 0 Å². The summed E-state index contributed by atoms with van der Waals surface area (Å²) in [6.07, 6.45) is 7.99. The molecule has 16 heavy (non-hydrogen) atoms. The molecule has 2 aliphatic heterocycles. The largest absolute Gasteiger partial charge is 0.381 e. The first-order valence-corrected chi connectivity index (χ1v) is 6.56. The zero-order valence-corrected chi connectivity index (χ0v) is 9.99. The number of hydrogen-bond acceptors (Lipinski definition) is 3. The number of piperidine rings is 1. The topological polar surface area (TPSA) is 29.5 Å². The van der Waals surface area contributed by atoms with Crippen molar-refractivity contribution in [1.82, 2.24) is 4.90 Å². The Morgan fingerprint density at radius 2 is 2.06 bits per heavy atom. The minimum Gasteiger partial charge on any atom is -0.381 e. The second-order valence-corrected chi connectivity index (χ2v) is 5.11. The molecule has 1 atom stereocenters. The van der Waals surface area contributed by atoms with Crippen LogP contribution in [-0.2, 0) is 9.53 Å². The third-order valence-corrected chi connectivity index (χ3v) is 3.86. The van der Waals surface area contributed by atoms with E-state index < -0.39 is 0 Å². The average Bonchev–Trinajstić information content (AvgIpc) is 2.83. The number of rotatable bonds is 5. The highest BCUT2D eigenvalue weighted by Gasteiger charge is 2.20. The van der Waals surface area contributed by atoms with Crippen molar-refractivity contribution in [3.05, 3.63) is 0 Å². The summed E-state index contributed by atoms with van der Waals surface area (Å²) < 4.78 is 5.37. The summed E-state index contributed by atoms with van der Waals surface area (Å²) in [4.78, 5) is 13.0. The Labute approximate surface area is 98.1 Å². The summed E-state index contributed by atoms with van der Waals surface area (Å²) in [5.41, 5.74) is 0. The fraction of sp³-hybridized carbons (Fsp3) is 0.923. The van der Waals surface area contributed by atoms with E-state index in [0.717, 1.165) is 45.1 Å². The molecule has 0 aliphatic carbocycles. The molecule has 2 heterocycles. The number of likely N-dealkylation sites (tertiary alicyclic amines) is 1. The third kappa shape index (κ3) is 3.56. The van der Waals surface area contributed by atoms with Crippen LogP contribution in [0.3, 0.4) is 0 Å². The zero-order chi connectivity index (χ0) is 11.2. The van der Waals surface area contributed by atoms with E-state index in [9.17, 15) is 4.79 Å². The highest BCUT2D eigenvalue weighted by atomic mass is 16.5. The average molecular weight is 224 g/mol. The predicted molar refractivity (Wildman–Crippen MR) is 63.0 cm³/mol. The summed E-state index contributed by atoms with van der Waals surface area (Å²) in [5.74, 6) is 1.01. The van der Waals surface area contributed by atoms with Gasteiger partial charge >= 0.3 is 0 Å². The maximum atomic E-state index is 10.5. The van der Waals surface area contributed by atoms with E-state index in [2.05, 4.69) is 11.2 Å². The smallest absolute Gasteiger partial charge is 0.201 e. The van der Waals surface area contributed by atoms with Crippen molar-refractivity contribution in [2.75, 3.05) is 32.8 Å². The molecule has 0 bridgehead atoms. The van der Waals surface area contributed by atoms with Crippen LogP contribution in [0.5, 0.6) is 0 Å². The molecule has 0 saturated carbocycles. The Bertz CT molecular complexity index is 206. The fourth-order valence-corrected chi connectivity index (χ4v) is 2.69. The Balaban J connectivity index is 1.54. The van der Waals surface area contributed by atoms with Gasteiger partial charge in [0.15, 0.2) is 0 Å². The number of carbonyl (C=O) groups excluding carboxylic acids is 1. The lowest BCUT2D eigenvalue weighted by Gasteiger charge is -2.29. The molecule has 0 spiro atoms. The van der Waals surface area contributed by atoms with Crippen LogP contribution in [0.2, 0.25) is 0 Å². The van der Waals surface area contributed by atoms with Crippen molar-refractivity contribution in [2.45, 2.75) is 32.1 Å². The van der Waals surface area contributed by atoms with Crippen LogP contribution in [0.25, 0.3) is 0 Å². The molecule has 91 valence electrons. The molecule has 1 unspecified atom stereocenters. The van der Waals surface area contributed by atoms with E-state index in [1.54, 1.807) is 0 Å². The van der Waals surface area contributed by atoms with Crippen molar-refractivity contribution in [1.29, 1.82) is 0 Å². The lowest BCUT2D eigenvalue weighted by Crippen LogP contribution is -2.34. The van der Waals surface area contributed by atoms with Crippen LogP contribution in [0.15, 0.2) is 0 Å².